The first kappa shape index (κ1) is 18.6. The van der Waals surface area contributed by atoms with Crippen molar-refractivity contribution in [3.63, 3.8) is 0 Å². The molecule has 29 heavy (non-hydrogen) atoms. The second-order valence-electron chi connectivity index (χ2n) is 6.76. The first-order valence-electron chi connectivity index (χ1n) is 9.40. The van der Waals surface area contributed by atoms with Crippen molar-refractivity contribution in [3.8, 4) is 11.3 Å². The number of benzene rings is 2. The molecule has 1 N–H and O–H groups in total. The number of nitrogens with one attached hydrogen (secondary N) is 1. The van der Waals surface area contributed by atoms with Gasteiger partial charge in [-0.2, -0.15) is 0 Å². The van der Waals surface area contributed by atoms with Gasteiger partial charge in [-0.1, -0.05) is 42.5 Å². The maximum absolute atomic E-state index is 12.3. The average molecular weight is 385 g/mol. The van der Waals surface area contributed by atoms with Gasteiger partial charge in [0.25, 0.3) is 11.8 Å². The molecule has 1 aliphatic rings. The second-order valence-corrected chi connectivity index (χ2v) is 6.76. The third-order valence-corrected chi connectivity index (χ3v) is 4.78. The number of amides is 3. The van der Waals surface area contributed by atoms with Crippen LogP contribution >= 0.6 is 0 Å². The molecule has 6 nitrogen and oxygen atoms in total. The molecule has 0 bridgehead atoms. The maximum atomic E-state index is 12.3. The van der Waals surface area contributed by atoms with Gasteiger partial charge in [-0.15, -0.1) is 0 Å². The summed E-state index contributed by atoms with van der Waals surface area (Å²) in [6.07, 6.45) is 2.21. The van der Waals surface area contributed by atoms with Gasteiger partial charge in [0, 0.05) is 18.5 Å². The van der Waals surface area contributed by atoms with E-state index in [0.717, 1.165) is 11.3 Å². The van der Waals surface area contributed by atoms with E-state index < -0.39 is 0 Å². The molecular weight excluding hydrogens is 366 g/mol. The number of nitrogens with zero attached hydrogens (tertiary/aromatic N) is 2. The molecule has 144 valence electrons. The second kappa shape index (κ2) is 8.06. The summed E-state index contributed by atoms with van der Waals surface area (Å²) in [5.41, 5.74) is 3.29. The van der Waals surface area contributed by atoms with Gasteiger partial charge in [0.1, 0.15) is 0 Å². The highest BCUT2D eigenvalue weighted by Crippen LogP contribution is 2.23. The van der Waals surface area contributed by atoms with Gasteiger partial charge in [0.05, 0.1) is 28.7 Å². The van der Waals surface area contributed by atoms with E-state index in [1.165, 1.54) is 4.90 Å². The number of hydrogen-bond acceptors (Lipinski definition) is 4. The third-order valence-electron chi connectivity index (χ3n) is 4.78. The number of pyridine rings is 1. The molecule has 0 radical (unpaired) electrons. The highest BCUT2D eigenvalue weighted by atomic mass is 16.2. The molecule has 3 aromatic rings. The van der Waals surface area contributed by atoms with Crippen molar-refractivity contribution in [1.82, 2.24) is 9.88 Å². The van der Waals surface area contributed by atoms with Crippen molar-refractivity contribution in [2.75, 3.05) is 11.9 Å². The zero-order valence-electron chi connectivity index (χ0n) is 15.7. The normalized spacial score (nSPS) is 12.8. The van der Waals surface area contributed by atoms with Crippen LogP contribution in [0.5, 0.6) is 0 Å². The van der Waals surface area contributed by atoms with Crippen LogP contribution < -0.4 is 5.32 Å². The maximum Gasteiger partial charge on any atom is 0.261 e. The minimum Gasteiger partial charge on any atom is -0.325 e. The quantitative estimate of drug-likeness (QED) is 0.655. The Morgan fingerprint density at radius 3 is 2.14 bits per heavy atom. The lowest BCUT2D eigenvalue weighted by molar-refractivity contribution is -0.116. The fourth-order valence-corrected chi connectivity index (χ4v) is 3.31. The van der Waals surface area contributed by atoms with Crippen LogP contribution in [0.15, 0.2) is 72.9 Å². The van der Waals surface area contributed by atoms with Crippen molar-refractivity contribution < 1.29 is 14.4 Å². The van der Waals surface area contributed by atoms with Crippen molar-refractivity contribution in [1.29, 1.82) is 0 Å². The lowest BCUT2D eigenvalue weighted by Crippen LogP contribution is -2.31. The summed E-state index contributed by atoms with van der Waals surface area (Å²) >= 11 is 0. The standard InChI is InChI=1S/C23H19N3O3/c27-21(25-17-12-13-20(24-15-17)16-7-2-1-3-8-16)11-6-14-26-22(28)18-9-4-5-10-19(18)23(26)29/h1-5,7-10,12-13,15H,6,11,14H2,(H,25,27). The fraction of sp³-hybridized carbons (Fsp3) is 0.130. The van der Waals surface area contributed by atoms with Crippen LogP contribution in [0.4, 0.5) is 5.69 Å². The molecule has 6 heteroatoms. The van der Waals surface area contributed by atoms with Crippen LogP contribution in [-0.2, 0) is 4.79 Å². The van der Waals surface area contributed by atoms with Crippen molar-refractivity contribution >= 4 is 23.4 Å². The Kier molecular flexibility index (Phi) is 5.16. The van der Waals surface area contributed by atoms with E-state index in [1.807, 2.05) is 36.4 Å². The number of anilines is 1. The van der Waals surface area contributed by atoms with Crippen LogP contribution in [0.2, 0.25) is 0 Å². The Balaban J connectivity index is 1.29. The molecule has 1 aliphatic heterocycles. The minimum atomic E-state index is -0.299. The lowest BCUT2D eigenvalue weighted by Gasteiger charge is -2.13. The monoisotopic (exact) mass is 385 g/mol. The molecule has 2 aromatic carbocycles. The summed E-state index contributed by atoms with van der Waals surface area (Å²) < 4.78 is 0. The molecule has 3 amide bonds. The number of rotatable bonds is 6. The molecule has 0 fully saturated rings. The minimum absolute atomic E-state index is 0.184. The van der Waals surface area contributed by atoms with Crippen LogP contribution in [0, 0.1) is 0 Å². The number of aromatic nitrogens is 1. The van der Waals surface area contributed by atoms with Crippen LogP contribution in [0.1, 0.15) is 33.6 Å². The van der Waals surface area contributed by atoms with Crippen LogP contribution in [-0.4, -0.2) is 34.2 Å². The molecule has 1 aromatic heterocycles. The topological polar surface area (TPSA) is 79.4 Å². The zero-order valence-corrected chi connectivity index (χ0v) is 15.7. The van der Waals surface area contributed by atoms with E-state index in [9.17, 15) is 14.4 Å². The SMILES string of the molecule is O=C(CCCN1C(=O)c2ccccc2C1=O)Nc1ccc(-c2ccccc2)nc1. The Labute approximate surface area is 168 Å². The molecule has 0 unspecified atom stereocenters. The number of fused-ring (bicyclic) bond motifs is 1. The van der Waals surface area contributed by atoms with Gasteiger partial charge in [-0.05, 0) is 30.7 Å². The summed E-state index contributed by atoms with van der Waals surface area (Å²) in [6.45, 7) is 0.213. The van der Waals surface area contributed by atoms with Gasteiger partial charge in [-0.25, -0.2) is 0 Å². The average Bonchev–Trinajstić information content (AvgIpc) is 3.00. The van der Waals surface area contributed by atoms with Gasteiger partial charge in [0.2, 0.25) is 5.91 Å². The Morgan fingerprint density at radius 2 is 1.52 bits per heavy atom. The first-order chi connectivity index (χ1) is 14.1. The van der Waals surface area contributed by atoms with Crippen molar-refractivity contribution in [2.45, 2.75) is 12.8 Å². The van der Waals surface area contributed by atoms with E-state index in [2.05, 4.69) is 10.3 Å². The predicted octanol–water partition coefficient (Wildman–Crippen LogP) is 3.76. The van der Waals surface area contributed by atoms with E-state index in [0.29, 0.717) is 23.2 Å². The molecule has 4 rings (SSSR count). The smallest absolute Gasteiger partial charge is 0.261 e. The van der Waals surface area contributed by atoms with Gasteiger partial charge in [-0.3, -0.25) is 24.3 Å². The summed E-state index contributed by atoms with van der Waals surface area (Å²) in [5.74, 6) is -0.783. The summed E-state index contributed by atoms with van der Waals surface area (Å²) in [7, 11) is 0. The largest absolute Gasteiger partial charge is 0.325 e. The number of carbonyl (C=O) groups is 3. The molecule has 0 spiro atoms. The van der Waals surface area contributed by atoms with Crippen molar-refractivity contribution in [2.24, 2.45) is 0 Å². The molecule has 2 heterocycles. The highest BCUT2D eigenvalue weighted by Gasteiger charge is 2.34. The predicted molar refractivity (Wildman–Crippen MR) is 109 cm³/mol. The Hall–Kier alpha value is -3.80. The zero-order chi connectivity index (χ0) is 20.2. The fourth-order valence-electron chi connectivity index (χ4n) is 3.31. The van der Waals surface area contributed by atoms with Crippen LogP contribution in [0.25, 0.3) is 11.3 Å². The van der Waals surface area contributed by atoms with E-state index in [1.54, 1.807) is 36.5 Å². The summed E-state index contributed by atoms with van der Waals surface area (Å²) in [6, 6.07) is 20.2. The Morgan fingerprint density at radius 1 is 0.862 bits per heavy atom. The molecule has 0 aliphatic carbocycles. The molecular formula is C23H19N3O3. The third kappa shape index (κ3) is 3.91. The summed E-state index contributed by atoms with van der Waals surface area (Å²) in [4.78, 5) is 42.4. The first-order valence-corrected chi connectivity index (χ1v) is 9.40. The van der Waals surface area contributed by atoms with E-state index in [-0.39, 0.29) is 30.7 Å². The van der Waals surface area contributed by atoms with Gasteiger partial charge in [0.15, 0.2) is 0 Å². The number of carbonyl (C=O) groups excluding carboxylic acids is 3. The molecule has 0 saturated carbocycles. The molecule has 0 atom stereocenters. The van der Waals surface area contributed by atoms with Gasteiger partial charge >= 0.3 is 0 Å². The number of hydrogen-bond donors (Lipinski definition) is 1. The van der Waals surface area contributed by atoms with Crippen molar-refractivity contribution in [3.05, 3.63) is 84.1 Å². The molecule has 0 saturated heterocycles. The Bertz CT molecular complexity index is 1030. The number of imide groups is 1. The van der Waals surface area contributed by atoms with E-state index in [4.69, 9.17) is 0 Å². The van der Waals surface area contributed by atoms with Crippen LogP contribution in [0.3, 0.4) is 0 Å². The lowest BCUT2D eigenvalue weighted by atomic mass is 10.1. The van der Waals surface area contributed by atoms with Gasteiger partial charge < -0.3 is 5.32 Å². The highest BCUT2D eigenvalue weighted by molar-refractivity contribution is 6.21. The van der Waals surface area contributed by atoms with E-state index >= 15 is 0 Å². The summed E-state index contributed by atoms with van der Waals surface area (Å²) in [5, 5.41) is 2.80.